The van der Waals surface area contributed by atoms with Gasteiger partial charge in [-0.25, -0.2) is 4.39 Å². The minimum Gasteiger partial charge on any atom is -0.477 e. The molecule has 1 fully saturated rings. The zero-order valence-electron chi connectivity index (χ0n) is 11.2. The van der Waals surface area contributed by atoms with Gasteiger partial charge in [0.1, 0.15) is 0 Å². The highest BCUT2D eigenvalue weighted by Crippen LogP contribution is 2.26. The first-order valence-electron chi connectivity index (χ1n) is 6.51. The van der Waals surface area contributed by atoms with Crippen LogP contribution in [0.2, 0.25) is 0 Å². The summed E-state index contributed by atoms with van der Waals surface area (Å²) in [5.41, 5.74) is 0.739. The number of benzene rings is 1. The fourth-order valence-corrected chi connectivity index (χ4v) is 1.80. The van der Waals surface area contributed by atoms with Crippen molar-refractivity contribution in [2.45, 2.75) is 38.5 Å². The molecule has 0 spiro atoms. The normalized spacial score (nSPS) is 15.9. The maximum Gasteiger partial charge on any atom is 0.260 e. The second-order valence-corrected chi connectivity index (χ2v) is 4.76. The predicted octanol–water partition coefficient (Wildman–Crippen LogP) is 1.59. The van der Waals surface area contributed by atoms with Crippen LogP contribution in [0.15, 0.2) is 18.2 Å². The van der Waals surface area contributed by atoms with Crippen molar-refractivity contribution >= 4 is 5.91 Å². The molecule has 1 atom stereocenters. The second kappa shape index (κ2) is 6.02. The number of para-hydroxylation sites is 1. The predicted molar refractivity (Wildman–Crippen MR) is 70.4 cm³/mol. The van der Waals surface area contributed by atoms with Gasteiger partial charge in [0, 0.05) is 25.2 Å². The molecule has 0 bridgehead atoms. The van der Waals surface area contributed by atoms with Crippen molar-refractivity contribution in [3.05, 3.63) is 29.6 Å². The van der Waals surface area contributed by atoms with E-state index < -0.39 is 11.9 Å². The Morgan fingerprint density at radius 1 is 1.53 bits per heavy atom. The van der Waals surface area contributed by atoms with E-state index in [-0.39, 0.29) is 11.7 Å². The first-order chi connectivity index (χ1) is 9.11. The molecule has 1 aromatic rings. The number of hydrogen-bond donors (Lipinski definition) is 2. The Morgan fingerprint density at radius 2 is 2.26 bits per heavy atom. The van der Waals surface area contributed by atoms with E-state index in [1.165, 1.54) is 26.0 Å². The summed E-state index contributed by atoms with van der Waals surface area (Å²) in [6, 6.07) is 5.33. The van der Waals surface area contributed by atoms with Gasteiger partial charge in [-0.15, -0.1) is 0 Å². The third kappa shape index (κ3) is 3.67. The molecule has 2 rings (SSSR count). The van der Waals surface area contributed by atoms with E-state index in [0.717, 1.165) is 5.56 Å². The van der Waals surface area contributed by atoms with E-state index in [1.807, 2.05) is 6.07 Å². The summed E-state index contributed by atoms with van der Waals surface area (Å²) in [4.78, 5) is 11.4. The van der Waals surface area contributed by atoms with Crippen LogP contribution in [0.3, 0.4) is 0 Å². The number of hydrogen-bond acceptors (Lipinski definition) is 3. The Labute approximate surface area is 112 Å². The van der Waals surface area contributed by atoms with Crippen molar-refractivity contribution in [1.29, 1.82) is 0 Å². The first kappa shape index (κ1) is 13.8. The van der Waals surface area contributed by atoms with Gasteiger partial charge in [0.15, 0.2) is 17.7 Å². The zero-order valence-corrected chi connectivity index (χ0v) is 11.2. The van der Waals surface area contributed by atoms with Gasteiger partial charge >= 0.3 is 0 Å². The molecule has 4 nitrogen and oxygen atoms in total. The monoisotopic (exact) mass is 266 g/mol. The lowest BCUT2D eigenvalue weighted by Gasteiger charge is -2.17. The minimum absolute atomic E-state index is 0.159. The van der Waals surface area contributed by atoms with Crippen molar-refractivity contribution < 1.29 is 13.9 Å². The number of carbonyl (C=O) groups excluding carboxylic acids is 1. The van der Waals surface area contributed by atoms with Crippen LogP contribution in [0, 0.1) is 5.82 Å². The molecule has 0 radical (unpaired) electrons. The van der Waals surface area contributed by atoms with Gasteiger partial charge in [-0.05, 0) is 25.8 Å². The molecule has 104 valence electrons. The molecular formula is C14H19FN2O2. The summed E-state index contributed by atoms with van der Waals surface area (Å²) in [7, 11) is 1.53. The SMILES string of the molecule is CNC(=O)C(C)Oc1c(F)cccc1CNC1CC1. The average molecular weight is 266 g/mol. The lowest BCUT2D eigenvalue weighted by Crippen LogP contribution is -2.34. The van der Waals surface area contributed by atoms with Crippen LogP contribution in [-0.2, 0) is 11.3 Å². The fourth-order valence-electron chi connectivity index (χ4n) is 1.80. The summed E-state index contributed by atoms with van der Waals surface area (Å²) < 4.78 is 19.3. The van der Waals surface area contributed by atoms with E-state index in [1.54, 1.807) is 13.0 Å². The molecule has 1 aliphatic rings. The quantitative estimate of drug-likeness (QED) is 0.822. The summed E-state index contributed by atoms with van der Waals surface area (Å²) in [5, 5.41) is 5.79. The van der Waals surface area contributed by atoms with Crippen LogP contribution < -0.4 is 15.4 Å². The Morgan fingerprint density at radius 3 is 2.89 bits per heavy atom. The average Bonchev–Trinajstić information content (AvgIpc) is 3.22. The largest absolute Gasteiger partial charge is 0.477 e. The molecule has 19 heavy (non-hydrogen) atoms. The van der Waals surface area contributed by atoms with E-state index in [4.69, 9.17) is 4.74 Å². The Bertz CT molecular complexity index is 461. The molecule has 1 saturated carbocycles. The standard InChI is InChI=1S/C14H19FN2O2/c1-9(14(18)16-2)19-13-10(4-3-5-12(13)15)8-17-11-6-7-11/h3-5,9,11,17H,6-8H2,1-2H3,(H,16,18). The molecule has 1 aliphatic carbocycles. The molecule has 5 heteroatoms. The van der Waals surface area contributed by atoms with E-state index in [0.29, 0.717) is 12.6 Å². The number of ether oxygens (including phenoxy) is 1. The summed E-state index contributed by atoms with van der Waals surface area (Å²) in [5.74, 6) is -0.554. The lowest BCUT2D eigenvalue weighted by atomic mass is 10.2. The molecule has 0 heterocycles. The topological polar surface area (TPSA) is 50.4 Å². The van der Waals surface area contributed by atoms with Crippen LogP contribution in [0.5, 0.6) is 5.75 Å². The Hall–Kier alpha value is -1.62. The van der Waals surface area contributed by atoms with Crippen LogP contribution in [0.1, 0.15) is 25.3 Å². The van der Waals surface area contributed by atoms with Crippen molar-refractivity contribution in [3.8, 4) is 5.75 Å². The van der Waals surface area contributed by atoms with Crippen LogP contribution in [-0.4, -0.2) is 25.1 Å². The number of likely N-dealkylation sites (N-methyl/N-ethyl adjacent to an activating group) is 1. The van der Waals surface area contributed by atoms with Crippen LogP contribution in [0.4, 0.5) is 4.39 Å². The molecule has 1 aromatic carbocycles. The van der Waals surface area contributed by atoms with Crippen LogP contribution in [0.25, 0.3) is 0 Å². The van der Waals surface area contributed by atoms with Gasteiger partial charge in [-0.3, -0.25) is 4.79 Å². The summed E-state index contributed by atoms with van der Waals surface area (Å²) in [6.07, 6.45) is 1.61. The highest BCUT2D eigenvalue weighted by Gasteiger charge is 2.22. The molecule has 1 unspecified atom stereocenters. The number of halogens is 1. The van der Waals surface area contributed by atoms with Crippen molar-refractivity contribution in [3.63, 3.8) is 0 Å². The summed E-state index contributed by atoms with van der Waals surface area (Å²) in [6.45, 7) is 2.15. The van der Waals surface area contributed by atoms with E-state index in [9.17, 15) is 9.18 Å². The molecule has 2 N–H and O–H groups in total. The van der Waals surface area contributed by atoms with Gasteiger partial charge in [-0.1, -0.05) is 12.1 Å². The van der Waals surface area contributed by atoms with Crippen molar-refractivity contribution in [1.82, 2.24) is 10.6 Å². The number of carbonyl (C=O) groups is 1. The first-order valence-corrected chi connectivity index (χ1v) is 6.51. The molecule has 1 amide bonds. The van der Waals surface area contributed by atoms with Gasteiger partial charge in [0.05, 0.1) is 0 Å². The zero-order chi connectivity index (χ0) is 13.8. The molecule has 0 aliphatic heterocycles. The van der Waals surface area contributed by atoms with E-state index >= 15 is 0 Å². The minimum atomic E-state index is -0.721. The number of nitrogens with one attached hydrogen (secondary N) is 2. The maximum absolute atomic E-state index is 13.8. The third-order valence-electron chi connectivity index (χ3n) is 3.12. The highest BCUT2D eigenvalue weighted by molar-refractivity contribution is 5.80. The fraction of sp³-hybridized carbons (Fsp3) is 0.500. The van der Waals surface area contributed by atoms with Gasteiger partial charge in [0.25, 0.3) is 5.91 Å². The van der Waals surface area contributed by atoms with E-state index in [2.05, 4.69) is 10.6 Å². The number of rotatable bonds is 6. The van der Waals surface area contributed by atoms with Gasteiger partial charge in [0.2, 0.25) is 0 Å². The summed E-state index contributed by atoms with van der Waals surface area (Å²) >= 11 is 0. The Balaban J connectivity index is 2.09. The number of amides is 1. The third-order valence-corrected chi connectivity index (χ3v) is 3.12. The second-order valence-electron chi connectivity index (χ2n) is 4.76. The van der Waals surface area contributed by atoms with Crippen LogP contribution >= 0.6 is 0 Å². The Kier molecular flexibility index (Phi) is 4.37. The lowest BCUT2D eigenvalue weighted by molar-refractivity contribution is -0.126. The molecular weight excluding hydrogens is 247 g/mol. The molecule has 0 aromatic heterocycles. The molecule has 0 saturated heterocycles. The van der Waals surface area contributed by atoms with Gasteiger partial charge < -0.3 is 15.4 Å². The van der Waals surface area contributed by atoms with Crippen molar-refractivity contribution in [2.24, 2.45) is 0 Å². The van der Waals surface area contributed by atoms with Crippen molar-refractivity contribution in [2.75, 3.05) is 7.05 Å². The highest BCUT2D eigenvalue weighted by atomic mass is 19.1. The smallest absolute Gasteiger partial charge is 0.260 e. The maximum atomic E-state index is 13.8. The van der Waals surface area contributed by atoms with Gasteiger partial charge in [-0.2, -0.15) is 0 Å².